The summed E-state index contributed by atoms with van der Waals surface area (Å²) in [5.74, 6) is 2.17. The van der Waals surface area contributed by atoms with Crippen LogP contribution in [0.25, 0.3) is 0 Å². The molecule has 0 radical (unpaired) electrons. The highest BCUT2D eigenvalue weighted by Crippen LogP contribution is 2.75. The molecule has 2 aromatic rings. The fraction of sp³-hybridized carbons (Fsp3) is 0.590. The quantitative estimate of drug-likeness (QED) is 0.208. The standard InChI is InChI=1S/C39H48N2O5/c1-5-7-26(8-6-2)35(43)40-28-14-11-25(12-15-28)33(42)29-22-37-17-18-39(29,45-4)36-38(37)19-20-41(23-24-9-10-24)31(37)21-27-13-16-30(44-3)34(46-36)32(27)38/h11-18,24,26,29,31,36H,5-10,19-23H2,1-4H3,(H,40,43)/t29-,31-,36-,37-,38+,39-/m1/s1. The highest BCUT2D eigenvalue weighted by Gasteiger charge is 2.80. The molecule has 2 aromatic carbocycles. The van der Waals surface area contributed by atoms with E-state index >= 15 is 0 Å². The van der Waals surface area contributed by atoms with Gasteiger partial charge in [0, 0.05) is 47.8 Å². The maximum Gasteiger partial charge on any atom is 0.227 e. The maximum absolute atomic E-state index is 14.7. The van der Waals surface area contributed by atoms with Gasteiger partial charge in [0.05, 0.1) is 18.4 Å². The van der Waals surface area contributed by atoms with Crippen molar-refractivity contribution in [3.05, 3.63) is 65.2 Å². The van der Waals surface area contributed by atoms with Crippen LogP contribution in [0.5, 0.6) is 11.5 Å². The maximum atomic E-state index is 14.7. The minimum absolute atomic E-state index is 0.0122. The molecule has 1 amide bonds. The van der Waals surface area contributed by atoms with Crippen molar-refractivity contribution in [3.8, 4) is 11.5 Å². The smallest absolute Gasteiger partial charge is 0.227 e. The van der Waals surface area contributed by atoms with Crippen molar-refractivity contribution in [1.29, 1.82) is 0 Å². The molecule has 2 aliphatic heterocycles. The van der Waals surface area contributed by atoms with Crippen LogP contribution in [-0.2, 0) is 21.4 Å². The molecular weight excluding hydrogens is 576 g/mol. The van der Waals surface area contributed by atoms with Gasteiger partial charge in [-0.3, -0.25) is 14.5 Å². The number of methoxy groups -OCH3 is 2. The number of hydrogen-bond donors (Lipinski definition) is 1. The van der Waals surface area contributed by atoms with Gasteiger partial charge >= 0.3 is 0 Å². The normalized spacial score (nSPS) is 33.1. The van der Waals surface area contributed by atoms with Gasteiger partial charge in [-0.1, -0.05) is 44.9 Å². The molecule has 9 rings (SSSR count). The van der Waals surface area contributed by atoms with Gasteiger partial charge in [0.1, 0.15) is 11.7 Å². The van der Waals surface area contributed by atoms with E-state index in [9.17, 15) is 9.59 Å². The lowest BCUT2D eigenvalue weighted by molar-refractivity contribution is -0.206. The molecule has 6 atom stereocenters. The number of likely N-dealkylation sites (tertiary alicyclic amines) is 1. The first-order valence-corrected chi connectivity index (χ1v) is 17.7. The van der Waals surface area contributed by atoms with Crippen molar-refractivity contribution in [3.63, 3.8) is 0 Å². The van der Waals surface area contributed by atoms with Crippen molar-refractivity contribution in [2.75, 3.05) is 32.6 Å². The molecule has 4 bridgehead atoms. The second-order valence-corrected chi connectivity index (χ2v) is 14.9. The number of carbonyl (C=O) groups excluding carboxylic acids is 2. The summed E-state index contributed by atoms with van der Waals surface area (Å²) in [4.78, 5) is 30.5. The average Bonchev–Trinajstić information content (AvgIpc) is 3.82. The Balaban J connectivity index is 1.16. The number of benzene rings is 2. The highest BCUT2D eigenvalue weighted by molar-refractivity contribution is 6.00. The topological polar surface area (TPSA) is 77.1 Å². The number of ether oxygens (including phenoxy) is 3. The zero-order valence-electron chi connectivity index (χ0n) is 27.8. The monoisotopic (exact) mass is 624 g/mol. The molecule has 1 N–H and O–H groups in total. The number of ketones is 1. The number of amides is 1. The van der Waals surface area contributed by atoms with E-state index in [2.05, 4.69) is 48.3 Å². The third-order valence-electron chi connectivity index (χ3n) is 12.7. The molecule has 7 heteroatoms. The number of anilines is 1. The predicted octanol–water partition coefficient (Wildman–Crippen LogP) is 6.73. The van der Waals surface area contributed by atoms with Crippen LogP contribution in [0.4, 0.5) is 5.69 Å². The Bertz CT molecular complexity index is 1580. The van der Waals surface area contributed by atoms with Gasteiger partial charge in [-0.2, -0.15) is 0 Å². The minimum Gasteiger partial charge on any atom is -0.493 e. The van der Waals surface area contributed by atoms with Gasteiger partial charge in [0.2, 0.25) is 5.91 Å². The molecule has 2 heterocycles. The summed E-state index contributed by atoms with van der Waals surface area (Å²) in [6.07, 6.45) is 13.4. The molecule has 2 saturated carbocycles. The Morgan fingerprint density at radius 1 is 1.04 bits per heavy atom. The molecule has 0 unspecified atom stereocenters. The van der Waals surface area contributed by atoms with Crippen molar-refractivity contribution < 1.29 is 23.8 Å². The predicted molar refractivity (Wildman–Crippen MR) is 178 cm³/mol. The number of nitrogens with one attached hydrogen (secondary N) is 1. The van der Waals surface area contributed by atoms with Gasteiger partial charge in [0.25, 0.3) is 0 Å². The first-order chi connectivity index (χ1) is 22.4. The lowest BCUT2D eigenvalue weighted by atomic mass is 9.36. The first-order valence-electron chi connectivity index (χ1n) is 17.7. The van der Waals surface area contributed by atoms with E-state index in [1.807, 2.05) is 24.3 Å². The summed E-state index contributed by atoms with van der Waals surface area (Å²) in [5, 5.41) is 3.10. The van der Waals surface area contributed by atoms with Gasteiger partial charge in [-0.05, 0) is 93.3 Å². The van der Waals surface area contributed by atoms with E-state index < -0.39 is 11.5 Å². The summed E-state index contributed by atoms with van der Waals surface area (Å²) < 4.78 is 19.5. The summed E-state index contributed by atoms with van der Waals surface area (Å²) in [5.41, 5.74) is 2.64. The Kier molecular flexibility index (Phi) is 7.19. The number of carbonyl (C=O) groups is 2. The van der Waals surface area contributed by atoms with Crippen molar-refractivity contribution in [2.24, 2.45) is 23.2 Å². The highest BCUT2D eigenvalue weighted by atomic mass is 16.6. The van der Waals surface area contributed by atoms with Gasteiger partial charge < -0.3 is 19.5 Å². The number of fused-ring (bicyclic) bond motifs is 1. The second kappa shape index (κ2) is 10.9. The van der Waals surface area contributed by atoms with E-state index in [0.29, 0.717) is 11.6 Å². The Morgan fingerprint density at radius 2 is 1.80 bits per heavy atom. The summed E-state index contributed by atoms with van der Waals surface area (Å²) >= 11 is 0. The zero-order chi connectivity index (χ0) is 31.8. The third-order valence-corrected chi connectivity index (χ3v) is 12.7. The van der Waals surface area contributed by atoms with Crippen LogP contribution in [0.1, 0.15) is 86.7 Å². The Labute approximate surface area is 273 Å². The van der Waals surface area contributed by atoms with Gasteiger partial charge in [-0.15, -0.1) is 0 Å². The van der Waals surface area contributed by atoms with Crippen LogP contribution < -0.4 is 14.8 Å². The summed E-state index contributed by atoms with van der Waals surface area (Å²) in [7, 11) is 3.46. The van der Waals surface area contributed by atoms with Crippen LogP contribution in [0, 0.1) is 23.2 Å². The van der Waals surface area contributed by atoms with Crippen LogP contribution >= 0.6 is 0 Å². The van der Waals surface area contributed by atoms with Crippen molar-refractivity contribution in [2.45, 2.75) is 94.8 Å². The van der Waals surface area contributed by atoms with Gasteiger partial charge in [-0.25, -0.2) is 0 Å². The zero-order valence-corrected chi connectivity index (χ0v) is 27.8. The van der Waals surface area contributed by atoms with Crippen molar-refractivity contribution in [1.82, 2.24) is 4.90 Å². The third kappa shape index (κ3) is 4.03. The molecule has 7 nitrogen and oxygen atoms in total. The molecule has 2 spiro atoms. The average molecular weight is 625 g/mol. The summed E-state index contributed by atoms with van der Waals surface area (Å²) in [6, 6.07) is 12.1. The number of hydrogen-bond acceptors (Lipinski definition) is 6. The molecule has 7 aliphatic rings. The molecule has 1 saturated heterocycles. The van der Waals surface area contributed by atoms with E-state index in [1.54, 1.807) is 14.2 Å². The SMILES string of the molecule is CCCC(CCC)C(=O)Nc1ccc(C(=O)[C@H]2C[C@@]34C=C[C@]2(OC)[C@@H]2Oc5c(OC)ccc6c5[C@@]23CCN(CC2CC2)[C@@H]4C6)cc1. The lowest BCUT2D eigenvalue weighted by Crippen LogP contribution is -2.79. The van der Waals surface area contributed by atoms with Gasteiger partial charge in [0.15, 0.2) is 17.3 Å². The fourth-order valence-corrected chi connectivity index (χ4v) is 10.5. The second-order valence-electron chi connectivity index (χ2n) is 14.9. The Morgan fingerprint density at radius 3 is 2.48 bits per heavy atom. The van der Waals surface area contributed by atoms with Crippen LogP contribution in [0.15, 0.2) is 48.6 Å². The molecule has 3 fully saturated rings. The number of piperidine rings is 1. The number of Topliss-reactive ketones (excluding diaryl/α,β-unsaturated/α-hetero) is 1. The van der Waals surface area contributed by atoms with E-state index in [-0.39, 0.29) is 34.5 Å². The molecule has 5 aliphatic carbocycles. The fourth-order valence-electron chi connectivity index (χ4n) is 10.5. The Hall–Kier alpha value is -3.16. The van der Waals surface area contributed by atoms with Crippen LogP contribution in [0.2, 0.25) is 0 Å². The molecule has 0 aromatic heterocycles. The number of rotatable bonds is 12. The lowest BCUT2D eigenvalue weighted by Gasteiger charge is -2.71. The summed E-state index contributed by atoms with van der Waals surface area (Å²) in [6.45, 7) is 6.41. The van der Waals surface area contributed by atoms with Crippen molar-refractivity contribution >= 4 is 17.4 Å². The molecule has 46 heavy (non-hydrogen) atoms. The number of nitrogens with zero attached hydrogens (tertiary/aromatic N) is 1. The van der Waals surface area contributed by atoms with Crippen LogP contribution in [0.3, 0.4) is 0 Å². The molecular formula is C39H48N2O5. The van der Waals surface area contributed by atoms with E-state index in [1.165, 1.54) is 24.0 Å². The van der Waals surface area contributed by atoms with Crippen LogP contribution in [-0.4, -0.2) is 61.6 Å². The molecule has 244 valence electrons. The minimum atomic E-state index is -0.902. The van der Waals surface area contributed by atoms with E-state index in [0.717, 1.165) is 81.1 Å². The van der Waals surface area contributed by atoms with E-state index in [4.69, 9.17) is 14.2 Å². The first kappa shape index (κ1) is 30.2. The largest absolute Gasteiger partial charge is 0.493 e.